The molecule has 0 fully saturated rings. The Balaban J connectivity index is 2.53. The summed E-state index contributed by atoms with van der Waals surface area (Å²) in [5, 5.41) is 0. The van der Waals surface area contributed by atoms with Crippen molar-refractivity contribution in [2.45, 2.75) is 5.88 Å². The monoisotopic (exact) mass is 219 g/mol. The first-order valence-electron chi connectivity index (χ1n) is 4.53. The minimum atomic E-state index is 0.350. The van der Waals surface area contributed by atoms with Crippen molar-refractivity contribution in [2.24, 2.45) is 0 Å². The molecule has 0 unspecified atom stereocenters. The zero-order valence-corrected chi connectivity index (χ0v) is 8.78. The lowest BCUT2D eigenvalue weighted by molar-refractivity contribution is 1.18. The molecule has 0 bridgehead atoms. The van der Waals surface area contributed by atoms with Crippen LogP contribution in [0.5, 0.6) is 0 Å². The normalized spacial score (nSPS) is 10.2. The van der Waals surface area contributed by atoms with Gasteiger partial charge in [-0.2, -0.15) is 0 Å². The lowest BCUT2D eigenvalue weighted by Crippen LogP contribution is -1.96. The first-order chi connectivity index (χ1) is 7.31. The van der Waals surface area contributed by atoms with Gasteiger partial charge >= 0.3 is 0 Å². The topological polar surface area (TPSA) is 51.8 Å². The number of nitrogens with zero attached hydrogens (tertiary/aromatic N) is 2. The fourth-order valence-corrected chi connectivity index (χ4v) is 1.62. The first kappa shape index (κ1) is 9.93. The molecule has 2 rings (SSSR count). The maximum absolute atomic E-state index is 5.82. The molecule has 0 saturated carbocycles. The predicted molar refractivity (Wildman–Crippen MR) is 61.4 cm³/mol. The Hall–Kier alpha value is -1.61. The molecule has 2 N–H and O–H groups in total. The molecule has 0 aliphatic rings. The lowest BCUT2D eigenvalue weighted by atomic mass is 10.1. The van der Waals surface area contributed by atoms with E-state index in [0.29, 0.717) is 11.7 Å². The van der Waals surface area contributed by atoms with Crippen LogP contribution in [0.2, 0.25) is 0 Å². The molecule has 2 aromatic rings. The maximum Gasteiger partial charge on any atom is 0.123 e. The molecule has 0 atom stereocenters. The van der Waals surface area contributed by atoms with Crippen molar-refractivity contribution in [3.05, 3.63) is 42.4 Å². The van der Waals surface area contributed by atoms with E-state index >= 15 is 0 Å². The van der Waals surface area contributed by atoms with E-state index in [0.717, 1.165) is 16.8 Å². The molecule has 0 aromatic carbocycles. The molecule has 0 saturated heterocycles. The Labute approximate surface area is 92.9 Å². The molecule has 0 amide bonds. The number of nitrogen functional groups attached to an aromatic ring is 1. The maximum atomic E-state index is 5.82. The van der Waals surface area contributed by atoms with Crippen LogP contribution in [0.15, 0.2) is 36.7 Å². The van der Waals surface area contributed by atoms with Gasteiger partial charge in [0, 0.05) is 18.0 Å². The van der Waals surface area contributed by atoms with Crippen LogP contribution in [0.1, 0.15) is 5.69 Å². The van der Waals surface area contributed by atoms with Gasteiger partial charge in [-0.3, -0.25) is 4.98 Å². The van der Waals surface area contributed by atoms with Crippen LogP contribution in [0.25, 0.3) is 11.1 Å². The van der Waals surface area contributed by atoms with Crippen molar-refractivity contribution >= 4 is 17.4 Å². The minimum Gasteiger partial charge on any atom is -0.384 e. The van der Waals surface area contributed by atoms with E-state index < -0.39 is 0 Å². The average Bonchev–Trinajstić information content (AvgIpc) is 2.30. The Kier molecular flexibility index (Phi) is 2.83. The van der Waals surface area contributed by atoms with Crippen molar-refractivity contribution in [1.82, 2.24) is 9.97 Å². The molecule has 2 aromatic heterocycles. The summed E-state index contributed by atoms with van der Waals surface area (Å²) < 4.78 is 0. The van der Waals surface area contributed by atoms with Gasteiger partial charge in [0.25, 0.3) is 0 Å². The minimum absolute atomic E-state index is 0.350. The number of halogens is 1. The molecule has 0 radical (unpaired) electrons. The number of rotatable bonds is 2. The molecule has 0 spiro atoms. The van der Waals surface area contributed by atoms with E-state index in [-0.39, 0.29) is 0 Å². The third-order valence-electron chi connectivity index (χ3n) is 2.11. The number of alkyl halides is 1. The molecule has 76 valence electrons. The highest BCUT2D eigenvalue weighted by Crippen LogP contribution is 2.23. The van der Waals surface area contributed by atoms with Crippen LogP contribution in [0, 0.1) is 0 Å². The zero-order chi connectivity index (χ0) is 10.7. The Morgan fingerprint density at radius 2 is 1.87 bits per heavy atom. The second-order valence-corrected chi connectivity index (χ2v) is 3.37. The van der Waals surface area contributed by atoms with Crippen molar-refractivity contribution in [2.75, 3.05) is 5.73 Å². The number of anilines is 1. The van der Waals surface area contributed by atoms with Gasteiger partial charge in [0.05, 0.1) is 11.6 Å². The standard InChI is InChI=1S/C11H10ClN3/c12-7-10-9(1-2-11(13)15-10)8-3-5-14-6-4-8/h1-6H,7H2,(H2,13,15). The SMILES string of the molecule is Nc1ccc(-c2ccncc2)c(CCl)n1. The van der Waals surface area contributed by atoms with E-state index in [1.165, 1.54) is 0 Å². The van der Waals surface area contributed by atoms with Gasteiger partial charge in [-0.1, -0.05) is 0 Å². The van der Waals surface area contributed by atoms with Gasteiger partial charge in [0.15, 0.2) is 0 Å². The zero-order valence-electron chi connectivity index (χ0n) is 8.02. The summed E-state index contributed by atoms with van der Waals surface area (Å²) in [5.41, 5.74) is 8.44. The van der Waals surface area contributed by atoms with Crippen molar-refractivity contribution < 1.29 is 0 Å². The van der Waals surface area contributed by atoms with Crippen LogP contribution in [-0.2, 0) is 5.88 Å². The van der Waals surface area contributed by atoms with Crippen LogP contribution in [0.3, 0.4) is 0 Å². The van der Waals surface area contributed by atoms with Gasteiger partial charge in [-0.25, -0.2) is 4.98 Å². The number of hydrogen-bond acceptors (Lipinski definition) is 3. The third kappa shape index (κ3) is 2.07. The second kappa shape index (κ2) is 4.28. The fourth-order valence-electron chi connectivity index (χ4n) is 1.41. The highest BCUT2D eigenvalue weighted by atomic mass is 35.5. The Morgan fingerprint density at radius 1 is 1.13 bits per heavy atom. The highest BCUT2D eigenvalue weighted by molar-refractivity contribution is 6.17. The average molecular weight is 220 g/mol. The fraction of sp³-hybridized carbons (Fsp3) is 0.0909. The van der Waals surface area contributed by atoms with Gasteiger partial charge < -0.3 is 5.73 Å². The van der Waals surface area contributed by atoms with Crippen molar-refractivity contribution in [3.63, 3.8) is 0 Å². The van der Waals surface area contributed by atoms with Crippen molar-refractivity contribution in [1.29, 1.82) is 0 Å². The van der Waals surface area contributed by atoms with Crippen LogP contribution < -0.4 is 5.73 Å². The van der Waals surface area contributed by atoms with E-state index in [1.807, 2.05) is 18.2 Å². The van der Waals surface area contributed by atoms with Gasteiger partial charge in [-0.15, -0.1) is 11.6 Å². The molecule has 15 heavy (non-hydrogen) atoms. The Bertz CT molecular complexity index is 457. The van der Waals surface area contributed by atoms with Gasteiger partial charge in [-0.05, 0) is 29.8 Å². The molecule has 3 nitrogen and oxygen atoms in total. The van der Waals surface area contributed by atoms with Crippen molar-refractivity contribution in [3.8, 4) is 11.1 Å². The quantitative estimate of drug-likeness (QED) is 0.790. The molecule has 2 heterocycles. The number of nitrogens with two attached hydrogens (primary N) is 1. The van der Waals surface area contributed by atoms with Crippen LogP contribution in [0.4, 0.5) is 5.82 Å². The molecular formula is C11H10ClN3. The summed E-state index contributed by atoms with van der Waals surface area (Å²) in [7, 11) is 0. The van der Waals surface area contributed by atoms with Gasteiger partial charge in [0.1, 0.15) is 5.82 Å². The highest BCUT2D eigenvalue weighted by Gasteiger charge is 2.05. The van der Waals surface area contributed by atoms with Crippen LogP contribution >= 0.6 is 11.6 Å². The molecule has 0 aliphatic carbocycles. The van der Waals surface area contributed by atoms with E-state index in [9.17, 15) is 0 Å². The summed E-state index contributed by atoms with van der Waals surface area (Å²) in [6, 6.07) is 7.54. The predicted octanol–water partition coefficient (Wildman–Crippen LogP) is 2.46. The lowest BCUT2D eigenvalue weighted by Gasteiger charge is -2.06. The number of hydrogen-bond donors (Lipinski definition) is 1. The van der Waals surface area contributed by atoms with E-state index in [4.69, 9.17) is 17.3 Å². The summed E-state index contributed by atoms with van der Waals surface area (Å²) in [4.78, 5) is 8.16. The molecular weight excluding hydrogens is 210 g/mol. The van der Waals surface area contributed by atoms with E-state index in [1.54, 1.807) is 18.5 Å². The second-order valence-electron chi connectivity index (χ2n) is 3.10. The first-order valence-corrected chi connectivity index (χ1v) is 5.06. The third-order valence-corrected chi connectivity index (χ3v) is 2.37. The summed E-state index contributed by atoms with van der Waals surface area (Å²) >= 11 is 5.82. The summed E-state index contributed by atoms with van der Waals surface area (Å²) in [5.74, 6) is 0.839. The van der Waals surface area contributed by atoms with Gasteiger partial charge in [0.2, 0.25) is 0 Å². The molecule has 4 heteroatoms. The largest absolute Gasteiger partial charge is 0.384 e. The summed E-state index contributed by atoms with van der Waals surface area (Å²) in [6.45, 7) is 0. The summed E-state index contributed by atoms with van der Waals surface area (Å²) in [6.07, 6.45) is 3.48. The van der Waals surface area contributed by atoms with Crippen LogP contribution in [-0.4, -0.2) is 9.97 Å². The molecule has 0 aliphatic heterocycles. The Morgan fingerprint density at radius 3 is 2.53 bits per heavy atom. The van der Waals surface area contributed by atoms with E-state index in [2.05, 4.69) is 9.97 Å². The number of pyridine rings is 2. The smallest absolute Gasteiger partial charge is 0.123 e. The number of aromatic nitrogens is 2.